The summed E-state index contributed by atoms with van der Waals surface area (Å²) in [6.45, 7) is 3.06. The molecule has 8 nitrogen and oxygen atoms in total. The summed E-state index contributed by atoms with van der Waals surface area (Å²) in [6, 6.07) is 17.9. The van der Waals surface area contributed by atoms with Crippen molar-refractivity contribution in [3.8, 4) is 11.5 Å². The molecule has 168 valence electrons. The molecule has 0 atom stereocenters. The second-order valence-corrected chi connectivity index (χ2v) is 8.57. The summed E-state index contributed by atoms with van der Waals surface area (Å²) in [4.78, 5) is 18.8. The molecule has 2 N–H and O–H groups in total. The first-order valence-corrected chi connectivity index (χ1v) is 11.3. The Bertz CT molecular complexity index is 1270. The fourth-order valence-corrected chi connectivity index (χ4v) is 4.71. The van der Waals surface area contributed by atoms with Crippen LogP contribution in [-0.2, 0) is 6.54 Å². The third-order valence-corrected chi connectivity index (χ3v) is 6.43. The molecule has 4 aromatic rings. The fraction of sp³-hybridized carbons (Fsp3) is 0.280. The predicted molar refractivity (Wildman–Crippen MR) is 125 cm³/mol. The second-order valence-electron chi connectivity index (χ2n) is 8.57. The molecule has 0 aliphatic carbocycles. The van der Waals surface area contributed by atoms with E-state index in [9.17, 15) is 4.79 Å². The Morgan fingerprint density at radius 2 is 1.91 bits per heavy atom. The summed E-state index contributed by atoms with van der Waals surface area (Å²) in [5, 5.41) is 8.77. The fourth-order valence-electron chi connectivity index (χ4n) is 4.71. The van der Waals surface area contributed by atoms with E-state index in [-0.39, 0.29) is 18.7 Å². The number of hydrogen-bond donors (Lipinski definition) is 2. The number of nitrogens with zero attached hydrogens (tertiary/aromatic N) is 3. The molecule has 0 saturated carbocycles. The van der Waals surface area contributed by atoms with Gasteiger partial charge in [0.05, 0.1) is 12.2 Å². The number of nitrogens with one attached hydrogen (secondary N) is 2. The molecule has 0 spiro atoms. The number of anilines is 1. The maximum absolute atomic E-state index is 12.8. The lowest BCUT2D eigenvalue weighted by Gasteiger charge is -2.32. The summed E-state index contributed by atoms with van der Waals surface area (Å²) in [7, 11) is 0. The Balaban J connectivity index is 1.09. The molecule has 1 saturated heterocycles. The van der Waals surface area contributed by atoms with Gasteiger partial charge in [-0.05, 0) is 48.6 Å². The summed E-state index contributed by atoms with van der Waals surface area (Å²) < 4.78 is 12.7. The van der Waals surface area contributed by atoms with E-state index >= 15 is 0 Å². The molecule has 0 radical (unpaired) electrons. The van der Waals surface area contributed by atoms with Crippen molar-refractivity contribution in [1.29, 1.82) is 0 Å². The summed E-state index contributed by atoms with van der Waals surface area (Å²) in [6.07, 6.45) is 3.70. The van der Waals surface area contributed by atoms with Crippen LogP contribution in [0.1, 0.15) is 34.9 Å². The van der Waals surface area contributed by atoms with E-state index in [1.165, 1.54) is 16.6 Å². The largest absolute Gasteiger partial charge is 0.454 e. The topological polar surface area (TPSA) is 84.4 Å². The molecule has 0 bridgehead atoms. The molecule has 2 aliphatic heterocycles. The molecule has 0 unspecified atom stereocenters. The van der Waals surface area contributed by atoms with E-state index < -0.39 is 0 Å². The van der Waals surface area contributed by atoms with Crippen LogP contribution in [0.5, 0.6) is 11.5 Å². The van der Waals surface area contributed by atoms with E-state index in [2.05, 4.69) is 50.6 Å². The maximum atomic E-state index is 12.8. The van der Waals surface area contributed by atoms with E-state index in [1.807, 2.05) is 10.7 Å². The zero-order valence-corrected chi connectivity index (χ0v) is 18.2. The van der Waals surface area contributed by atoms with E-state index in [4.69, 9.17) is 9.47 Å². The van der Waals surface area contributed by atoms with Crippen molar-refractivity contribution < 1.29 is 14.3 Å². The number of carbonyl (C=O) groups is 1. The summed E-state index contributed by atoms with van der Waals surface area (Å²) in [5.41, 5.74) is 2.95. The monoisotopic (exact) mass is 443 g/mol. The zero-order valence-electron chi connectivity index (χ0n) is 18.2. The number of ether oxygens (including phenoxy) is 2. The predicted octanol–water partition coefficient (Wildman–Crippen LogP) is 4.18. The molecular formula is C25H25N5O3. The van der Waals surface area contributed by atoms with E-state index in [0.717, 1.165) is 32.5 Å². The van der Waals surface area contributed by atoms with Crippen molar-refractivity contribution in [2.75, 3.05) is 25.2 Å². The third-order valence-electron chi connectivity index (χ3n) is 6.43. The van der Waals surface area contributed by atoms with Crippen molar-refractivity contribution in [1.82, 2.24) is 19.7 Å². The average molecular weight is 444 g/mol. The van der Waals surface area contributed by atoms with Gasteiger partial charge in [-0.25, -0.2) is 4.68 Å². The number of piperidine rings is 1. The van der Waals surface area contributed by atoms with Crippen molar-refractivity contribution in [3.63, 3.8) is 0 Å². The van der Waals surface area contributed by atoms with Gasteiger partial charge in [-0.15, -0.1) is 0 Å². The van der Waals surface area contributed by atoms with Crippen LogP contribution in [0.3, 0.4) is 0 Å². The molecule has 1 fully saturated rings. The van der Waals surface area contributed by atoms with E-state index in [0.29, 0.717) is 22.9 Å². The van der Waals surface area contributed by atoms with Gasteiger partial charge >= 0.3 is 0 Å². The van der Waals surface area contributed by atoms with Gasteiger partial charge in [0, 0.05) is 42.5 Å². The molecule has 4 heterocycles. The highest BCUT2D eigenvalue weighted by atomic mass is 16.7. The number of aromatic nitrogens is 3. The quantitative estimate of drug-likeness (QED) is 0.483. The van der Waals surface area contributed by atoms with Crippen LogP contribution in [0.2, 0.25) is 0 Å². The minimum absolute atomic E-state index is 0.187. The Labute approximate surface area is 191 Å². The highest BCUT2D eigenvalue weighted by molar-refractivity contribution is 6.04. The summed E-state index contributed by atoms with van der Waals surface area (Å²) >= 11 is 0. The van der Waals surface area contributed by atoms with Crippen LogP contribution in [0.25, 0.3) is 10.9 Å². The molecule has 1 amide bonds. The molecule has 2 aromatic carbocycles. The van der Waals surface area contributed by atoms with Crippen LogP contribution in [0, 0.1) is 0 Å². The van der Waals surface area contributed by atoms with Gasteiger partial charge in [0.2, 0.25) is 6.79 Å². The minimum Gasteiger partial charge on any atom is -0.454 e. The first kappa shape index (κ1) is 19.9. The second kappa shape index (κ2) is 8.29. The smallest absolute Gasteiger partial charge is 0.256 e. The van der Waals surface area contributed by atoms with Crippen LogP contribution < -0.4 is 14.8 Å². The minimum atomic E-state index is -0.189. The molecule has 8 heteroatoms. The maximum Gasteiger partial charge on any atom is 0.256 e. The van der Waals surface area contributed by atoms with Crippen molar-refractivity contribution in [3.05, 3.63) is 72.1 Å². The third kappa shape index (κ3) is 3.93. The standard InChI is InChI=1S/C25H25N5O3/c31-25(18-5-6-22-23(14-18)33-16-32-22)28-24-7-10-26-30(24)20-8-11-29(12-9-20)15-19-13-17-3-1-2-4-21(17)27-19/h1-7,10,13-14,20,27H,8-9,11-12,15-16H2,(H,28,31). The number of hydrogen-bond acceptors (Lipinski definition) is 5. The van der Waals surface area contributed by atoms with Crippen molar-refractivity contribution >= 4 is 22.6 Å². The number of H-pyrrole nitrogens is 1. The SMILES string of the molecule is O=C(Nc1ccnn1C1CCN(Cc2cc3ccccc3[nH]2)CC1)c1ccc2c(c1)OCO2. The van der Waals surface area contributed by atoms with Crippen LogP contribution in [-0.4, -0.2) is 45.5 Å². The molecular weight excluding hydrogens is 418 g/mol. The summed E-state index contributed by atoms with van der Waals surface area (Å²) in [5.74, 6) is 1.78. The van der Waals surface area contributed by atoms with Gasteiger partial charge in [-0.1, -0.05) is 18.2 Å². The first-order chi connectivity index (χ1) is 16.2. The van der Waals surface area contributed by atoms with Crippen LogP contribution >= 0.6 is 0 Å². The molecule has 33 heavy (non-hydrogen) atoms. The molecule has 2 aromatic heterocycles. The average Bonchev–Trinajstić information content (AvgIpc) is 3.58. The number of fused-ring (bicyclic) bond motifs is 2. The number of aromatic amines is 1. The Kier molecular flexibility index (Phi) is 4.99. The Morgan fingerprint density at radius 3 is 2.79 bits per heavy atom. The van der Waals surface area contributed by atoms with Crippen molar-refractivity contribution in [2.24, 2.45) is 0 Å². The zero-order chi connectivity index (χ0) is 22.2. The van der Waals surface area contributed by atoms with Gasteiger partial charge in [0.1, 0.15) is 5.82 Å². The number of amides is 1. The number of benzene rings is 2. The lowest BCUT2D eigenvalue weighted by atomic mass is 10.0. The number of rotatable bonds is 5. The highest BCUT2D eigenvalue weighted by Crippen LogP contribution is 2.33. The van der Waals surface area contributed by atoms with Gasteiger partial charge in [0.25, 0.3) is 5.91 Å². The van der Waals surface area contributed by atoms with Crippen molar-refractivity contribution in [2.45, 2.75) is 25.4 Å². The molecule has 2 aliphatic rings. The van der Waals surface area contributed by atoms with Crippen LogP contribution in [0.15, 0.2) is 60.8 Å². The highest BCUT2D eigenvalue weighted by Gasteiger charge is 2.24. The van der Waals surface area contributed by atoms with Gasteiger partial charge < -0.3 is 19.8 Å². The van der Waals surface area contributed by atoms with Crippen LogP contribution in [0.4, 0.5) is 5.82 Å². The van der Waals surface area contributed by atoms with Gasteiger partial charge in [0.15, 0.2) is 11.5 Å². The van der Waals surface area contributed by atoms with Gasteiger partial charge in [-0.3, -0.25) is 9.69 Å². The lowest BCUT2D eigenvalue weighted by Crippen LogP contribution is -2.35. The Morgan fingerprint density at radius 1 is 1.06 bits per heavy atom. The number of likely N-dealkylation sites (tertiary alicyclic amines) is 1. The van der Waals surface area contributed by atoms with Gasteiger partial charge in [-0.2, -0.15) is 5.10 Å². The lowest BCUT2D eigenvalue weighted by molar-refractivity contribution is 0.102. The Hall–Kier alpha value is -3.78. The first-order valence-electron chi connectivity index (χ1n) is 11.3. The molecule has 6 rings (SSSR count). The normalized spacial score (nSPS) is 16.4. The number of carbonyl (C=O) groups excluding carboxylic acids is 1. The van der Waals surface area contributed by atoms with E-state index in [1.54, 1.807) is 24.4 Å². The number of para-hydroxylation sites is 1.